The number of rotatable bonds is 20. The number of aromatic nitrogens is 2. The summed E-state index contributed by atoms with van der Waals surface area (Å²) in [4.78, 5) is 10.5. The van der Waals surface area contributed by atoms with Crippen molar-refractivity contribution in [3.63, 3.8) is 0 Å². The number of fused-ring (bicyclic) bond motifs is 3. The van der Waals surface area contributed by atoms with Gasteiger partial charge in [-0.25, -0.2) is 9.55 Å². The predicted molar refractivity (Wildman–Crippen MR) is 191 cm³/mol. The molecule has 5 rings (SSSR count). The minimum absolute atomic E-state index is 0.231. The molecule has 2 aromatic carbocycles. The van der Waals surface area contributed by atoms with Crippen LogP contribution < -0.4 is 10.1 Å². The van der Waals surface area contributed by atoms with E-state index in [0.29, 0.717) is 32.4 Å². The van der Waals surface area contributed by atoms with Crippen molar-refractivity contribution in [2.75, 3.05) is 46.1 Å². The largest absolute Gasteiger partial charge is 0.491 e. The molecule has 0 saturated heterocycles. The van der Waals surface area contributed by atoms with E-state index in [1.54, 1.807) is 0 Å². The molecule has 1 aliphatic rings. The average Bonchev–Trinajstić information content (AvgIpc) is 3.82. The van der Waals surface area contributed by atoms with Gasteiger partial charge in [-0.15, -0.1) is 0 Å². The molecule has 2 aromatic heterocycles. The lowest BCUT2D eigenvalue weighted by atomic mass is 9.97. The fourth-order valence-electron chi connectivity index (χ4n) is 5.50. The Morgan fingerprint density at radius 2 is 1.77 bits per heavy atom. The quantitative estimate of drug-likeness (QED) is 0.0717. The molecule has 0 aliphatic heterocycles. The van der Waals surface area contributed by atoms with Crippen molar-refractivity contribution < 1.29 is 22.9 Å². The highest BCUT2D eigenvalue weighted by Crippen LogP contribution is 2.50. The Balaban J connectivity index is 1.23. The Morgan fingerprint density at radius 1 is 1.00 bits per heavy atom. The van der Waals surface area contributed by atoms with Crippen molar-refractivity contribution in [2.24, 2.45) is 11.8 Å². The van der Waals surface area contributed by atoms with Gasteiger partial charge in [0.2, 0.25) is 0 Å². The lowest BCUT2D eigenvalue weighted by Gasteiger charge is -2.23. The van der Waals surface area contributed by atoms with E-state index < -0.39 is 7.82 Å². The highest BCUT2D eigenvalue weighted by molar-refractivity contribution is 7.48. The number of benzene rings is 2. The Labute approximate surface area is 280 Å². The second-order valence-electron chi connectivity index (χ2n) is 13.5. The summed E-state index contributed by atoms with van der Waals surface area (Å²) in [6, 6.07) is 15.9. The molecule has 0 spiro atoms. The van der Waals surface area contributed by atoms with Crippen LogP contribution in [0.25, 0.3) is 33.1 Å². The normalized spacial score (nSPS) is 14.0. The van der Waals surface area contributed by atoms with E-state index in [4.69, 9.17) is 23.3 Å². The second kappa shape index (κ2) is 16.6. The first-order valence-electron chi connectivity index (χ1n) is 17.3. The Hall–Kier alpha value is -2.78. The third-order valence-electron chi connectivity index (χ3n) is 8.23. The second-order valence-corrected chi connectivity index (χ2v) is 15.2. The highest BCUT2D eigenvalue weighted by atomic mass is 31.2. The molecule has 2 N–H and O–H groups in total. The highest BCUT2D eigenvalue weighted by Gasteiger charge is 2.28. The third kappa shape index (κ3) is 10.1. The lowest BCUT2D eigenvalue weighted by Crippen LogP contribution is -2.29. The Kier molecular flexibility index (Phi) is 12.5. The van der Waals surface area contributed by atoms with Crippen molar-refractivity contribution in [3.05, 3.63) is 59.8 Å². The number of aromatic amines is 1. The lowest BCUT2D eigenvalue weighted by molar-refractivity contribution is 0.0868. The van der Waals surface area contributed by atoms with Crippen LogP contribution in [0.4, 0.5) is 0 Å². The topological polar surface area (TPSA) is 97.9 Å². The van der Waals surface area contributed by atoms with E-state index in [1.807, 2.05) is 33.9 Å². The Bertz CT molecular complexity index is 1630. The van der Waals surface area contributed by atoms with E-state index in [2.05, 4.69) is 71.5 Å². The van der Waals surface area contributed by atoms with Gasteiger partial charge in [-0.2, -0.15) is 0 Å². The van der Waals surface area contributed by atoms with Crippen LogP contribution in [0.5, 0.6) is 5.75 Å². The first kappa shape index (κ1) is 35.5. The van der Waals surface area contributed by atoms with Crippen molar-refractivity contribution in [3.8, 4) is 16.9 Å². The number of nitrogens with one attached hydrogen (secondary N) is 2. The Morgan fingerprint density at radius 3 is 2.47 bits per heavy atom. The summed E-state index contributed by atoms with van der Waals surface area (Å²) >= 11 is 0. The zero-order chi connectivity index (χ0) is 33.4. The molecule has 0 radical (unpaired) electrons. The van der Waals surface area contributed by atoms with Gasteiger partial charge in [0, 0.05) is 42.6 Å². The number of hydrogen-bond acceptors (Lipinski definition) is 8. The van der Waals surface area contributed by atoms with Crippen LogP contribution in [-0.2, 0) is 24.7 Å². The molecular weight excluding hydrogens is 611 g/mol. The number of H-pyrrole nitrogens is 1. The van der Waals surface area contributed by atoms with Gasteiger partial charge in [0.1, 0.15) is 11.4 Å². The van der Waals surface area contributed by atoms with Gasteiger partial charge in [-0.3, -0.25) is 13.6 Å². The molecule has 1 aliphatic carbocycles. The number of phosphoric acid groups is 1. The molecule has 47 heavy (non-hydrogen) atoms. The van der Waals surface area contributed by atoms with Crippen molar-refractivity contribution in [1.82, 2.24) is 20.2 Å². The molecule has 1 fully saturated rings. The maximum atomic E-state index is 13.2. The van der Waals surface area contributed by atoms with Crippen LogP contribution in [0.2, 0.25) is 0 Å². The number of nitrogens with zero attached hydrogens (tertiary/aromatic N) is 2. The summed E-state index contributed by atoms with van der Waals surface area (Å²) in [5.41, 5.74) is 6.60. The number of phosphoric ester groups is 1. The maximum absolute atomic E-state index is 13.2. The van der Waals surface area contributed by atoms with Gasteiger partial charge in [-0.1, -0.05) is 52.8 Å². The van der Waals surface area contributed by atoms with Crippen molar-refractivity contribution in [1.29, 1.82) is 0 Å². The average molecular weight is 665 g/mol. The summed E-state index contributed by atoms with van der Waals surface area (Å²) in [6.07, 6.45) is 5.28. The van der Waals surface area contributed by atoms with Crippen LogP contribution in [-0.4, -0.2) is 67.0 Å². The number of pyridine rings is 1. The molecule has 2 heterocycles. The van der Waals surface area contributed by atoms with E-state index in [9.17, 15) is 4.57 Å². The summed E-state index contributed by atoms with van der Waals surface area (Å²) < 4.78 is 36.5. The number of aryl methyl sites for hydroxylation is 1. The van der Waals surface area contributed by atoms with E-state index in [1.165, 1.54) is 29.5 Å². The maximum Gasteiger partial charge on any atom is 0.474 e. The van der Waals surface area contributed by atoms with Gasteiger partial charge >= 0.3 is 7.82 Å². The smallest absolute Gasteiger partial charge is 0.474 e. The molecule has 0 bridgehead atoms. The summed E-state index contributed by atoms with van der Waals surface area (Å²) in [5.74, 6) is 1.28. The van der Waals surface area contributed by atoms with Gasteiger partial charge in [-0.05, 0) is 91.1 Å². The first-order valence-corrected chi connectivity index (χ1v) is 18.7. The molecule has 0 amide bonds. The zero-order valence-corrected chi connectivity index (χ0v) is 29.9. The molecular formula is C37H53N4O5P. The predicted octanol–water partition coefficient (Wildman–Crippen LogP) is 8.50. The van der Waals surface area contributed by atoms with Crippen molar-refractivity contribution >= 4 is 29.8 Å². The monoisotopic (exact) mass is 664 g/mol. The molecule has 256 valence electrons. The SMILES string of the molecule is CCN(CCCOc1ccc(-c2cccc(CNC3CC3)c2)c2c1[nH]c1ncc(C)cc12)CCOP(=O)(OCC(C)C)OCC(C)C. The minimum Gasteiger partial charge on any atom is -0.491 e. The van der Waals surface area contributed by atoms with Crippen LogP contribution in [0.15, 0.2) is 48.7 Å². The molecule has 1 saturated carbocycles. The molecule has 0 atom stereocenters. The molecule has 0 unspecified atom stereocenters. The number of likely N-dealkylation sites (N-methyl/N-ethyl adjacent to an activating group) is 1. The van der Waals surface area contributed by atoms with Gasteiger partial charge < -0.3 is 19.9 Å². The molecule has 9 nitrogen and oxygen atoms in total. The van der Waals surface area contributed by atoms with E-state index in [-0.39, 0.29) is 18.4 Å². The summed E-state index contributed by atoms with van der Waals surface area (Å²) in [7, 11) is -3.60. The minimum atomic E-state index is -3.60. The van der Waals surface area contributed by atoms with E-state index >= 15 is 0 Å². The number of hydrogen-bond donors (Lipinski definition) is 2. The third-order valence-corrected chi connectivity index (χ3v) is 9.66. The standard InChI is InChI=1S/C37H53N4O5P/c1-7-41(17-19-44-47(42,45-24-26(2)3)46-25-27(4)5)16-9-18-43-34-15-14-32(30-11-8-10-29(21-30)23-38-31-12-13-31)35-33-20-28(6)22-39-37(33)40-36(34)35/h8,10-11,14-15,20-22,26-27,31,38H,7,9,12-13,16-19,23-25H2,1-6H3,(H,39,40). The van der Waals surface area contributed by atoms with Crippen LogP contribution in [0.3, 0.4) is 0 Å². The van der Waals surface area contributed by atoms with E-state index in [0.717, 1.165) is 59.3 Å². The molecule has 10 heteroatoms. The molecule has 4 aromatic rings. The fraction of sp³-hybridized carbons (Fsp3) is 0.541. The van der Waals surface area contributed by atoms with Gasteiger partial charge in [0.15, 0.2) is 0 Å². The van der Waals surface area contributed by atoms with Crippen molar-refractivity contribution in [2.45, 2.75) is 73.4 Å². The van der Waals surface area contributed by atoms with Gasteiger partial charge in [0.25, 0.3) is 0 Å². The van der Waals surface area contributed by atoms with Gasteiger partial charge in [0.05, 0.1) is 31.9 Å². The van der Waals surface area contributed by atoms with Crippen LogP contribution in [0, 0.1) is 18.8 Å². The fourth-order valence-corrected chi connectivity index (χ4v) is 6.99. The zero-order valence-electron chi connectivity index (χ0n) is 29.0. The first-order chi connectivity index (χ1) is 22.6. The number of ether oxygens (including phenoxy) is 1. The summed E-state index contributed by atoms with van der Waals surface area (Å²) in [5, 5.41) is 5.87. The van der Waals surface area contributed by atoms with Crippen LogP contribution >= 0.6 is 7.82 Å². The summed E-state index contributed by atoms with van der Waals surface area (Å²) in [6.45, 7) is 16.9. The van der Waals surface area contributed by atoms with Crippen LogP contribution in [0.1, 0.15) is 65.0 Å².